The maximum Gasteiger partial charge on any atom is 0.149 e. The summed E-state index contributed by atoms with van der Waals surface area (Å²) in [6.45, 7) is 0. The van der Waals surface area contributed by atoms with E-state index >= 15 is 0 Å². The second-order valence-corrected chi connectivity index (χ2v) is 1.51. The van der Waals surface area contributed by atoms with Crippen molar-refractivity contribution in [1.29, 1.82) is 0 Å². The zero-order valence-corrected chi connectivity index (χ0v) is 3.20. The molecular weight excluding hydrogens is 62.1 g/mol. The number of hydrogen-bond acceptors (Lipinski definition) is 0. The van der Waals surface area contributed by atoms with Gasteiger partial charge in [-0.15, -0.1) is 0 Å². The summed E-state index contributed by atoms with van der Waals surface area (Å²) in [6.07, 6.45) is 3.69. The van der Waals surface area contributed by atoms with Crippen molar-refractivity contribution in [2.24, 2.45) is 0 Å². The summed E-state index contributed by atoms with van der Waals surface area (Å²) < 4.78 is 0. The van der Waals surface area contributed by atoms with Gasteiger partial charge in [-0.2, -0.15) is 0 Å². The molecule has 0 bridgehead atoms. The van der Waals surface area contributed by atoms with E-state index in [4.69, 9.17) is 5.41 Å². The van der Waals surface area contributed by atoms with E-state index < -0.39 is 0 Å². The van der Waals surface area contributed by atoms with Gasteiger partial charge in [-0.25, -0.2) is 0 Å². The first kappa shape index (κ1) is 2.88. The van der Waals surface area contributed by atoms with Crippen LogP contribution in [-0.2, 0) is 0 Å². The molecule has 0 aromatic rings. The lowest BCUT2D eigenvalue weighted by Crippen LogP contribution is -2.43. The van der Waals surface area contributed by atoms with Crippen LogP contribution in [0.3, 0.4) is 0 Å². The molecule has 0 unspecified atom stereocenters. The fourth-order valence-corrected chi connectivity index (χ4v) is 0.381. The molecule has 5 heavy (non-hydrogen) atoms. The van der Waals surface area contributed by atoms with Gasteiger partial charge in [-0.1, -0.05) is 0 Å². The average Bonchev–Trinajstić information content (AvgIpc) is 1.30. The van der Waals surface area contributed by atoms with Gasteiger partial charge in [0.1, 0.15) is 5.71 Å². The first-order valence-corrected chi connectivity index (χ1v) is 2.00. The standard InChI is InChI=1S/C4H7N/c5-4-2-1-3-4/h5H,1-3H2/p+1. The van der Waals surface area contributed by atoms with Crippen LogP contribution in [0.15, 0.2) is 0 Å². The molecule has 1 rings (SSSR count). The van der Waals surface area contributed by atoms with Gasteiger partial charge in [-0.05, 0) is 6.42 Å². The summed E-state index contributed by atoms with van der Waals surface area (Å²) in [5.74, 6) is 0. The van der Waals surface area contributed by atoms with Crippen LogP contribution in [0.1, 0.15) is 19.3 Å². The van der Waals surface area contributed by atoms with Crippen molar-refractivity contribution >= 4 is 5.71 Å². The van der Waals surface area contributed by atoms with Crippen LogP contribution >= 0.6 is 0 Å². The first-order valence-electron chi connectivity index (χ1n) is 2.00. The van der Waals surface area contributed by atoms with Crippen molar-refractivity contribution in [3.8, 4) is 0 Å². The molecule has 1 nitrogen and oxygen atoms in total. The predicted octanol–water partition coefficient (Wildman–Crippen LogP) is -0.630. The third kappa shape index (κ3) is 0.318. The van der Waals surface area contributed by atoms with Gasteiger partial charge in [0, 0.05) is 12.8 Å². The van der Waals surface area contributed by atoms with Crippen molar-refractivity contribution in [2.75, 3.05) is 0 Å². The molecular formula is C4H8N+. The Bertz CT molecular complexity index is 50.7. The Hall–Kier alpha value is -0.330. The Morgan fingerprint density at radius 1 is 1.40 bits per heavy atom. The third-order valence-electron chi connectivity index (χ3n) is 0.996. The number of rotatable bonds is 0. The van der Waals surface area contributed by atoms with Crippen molar-refractivity contribution < 1.29 is 5.41 Å². The van der Waals surface area contributed by atoms with E-state index in [9.17, 15) is 0 Å². The second kappa shape index (κ2) is 0.814. The van der Waals surface area contributed by atoms with Gasteiger partial charge in [0.05, 0.1) is 0 Å². The van der Waals surface area contributed by atoms with E-state index in [1.165, 1.54) is 25.0 Å². The molecule has 0 spiro atoms. The molecule has 0 atom stereocenters. The topological polar surface area (TPSA) is 25.6 Å². The summed E-state index contributed by atoms with van der Waals surface area (Å²) in [6, 6.07) is 0. The molecule has 0 aromatic carbocycles. The zero-order chi connectivity index (χ0) is 3.70. The number of hydrogen-bond donors (Lipinski definition) is 1. The minimum atomic E-state index is 1.18. The fraction of sp³-hybridized carbons (Fsp3) is 0.750. The van der Waals surface area contributed by atoms with E-state index in [0.29, 0.717) is 0 Å². The number of nitrogens with two attached hydrogens (primary N) is 1. The van der Waals surface area contributed by atoms with Crippen LogP contribution < -0.4 is 5.41 Å². The Kier molecular flexibility index (Phi) is 0.469. The van der Waals surface area contributed by atoms with E-state index in [-0.39, 0.29) is 0 Å². The second-order valence-electron chi connectivity index (χ2n) is 1.51. The SMILES string of the molecule is [NH2+]=C1CCC1. The highest BCUT2D eigenvalue weighted by Gasteiger charge is 2.11. The molecule has 0 aromatic heterocycles. The Morgan fingerprint density at radius 3 is 1.80 bits per heavy atom. The van der Waals surface area contributed by atoms with Gasteiger partial charge in [0.25, 0.3) is 0 Å². The third-order valence-corrected chi connectivity index (χ3v) is 0.996. The van der Waals surface area contributed by atoms with Crippen LogP contribution in [0.25, 0.3) is 0 Å². The van der Waals surface area contributed by atoms with Crippen molar-refractivity contribution in [3.05, 3.63) is 0 Å². The largest absolute Gasteiger partial charge is 0.261 e. The predicted molar refractivity (Wildman–Crippen MR) is 20.8 cm³/mol. The van der Waals surface area contributed by atoms with Gasteiger partial charge >= 0.3 is 0 Å². The summed E-state index contributed by atoms with van der Waals surface area (Å²) in [5, 5.41) is 5.30. The molecule has 0 saturated heterocycles. The molecule has 1 saturated carbocycles. The van der Waals surface area contributed by atoms with Crippen molar-refractivity contribution in [3.63, 3.8) is 0 Å². The highest BCUT2D eigenvalue weighted by molar-refractivity contribution is 5.83. The summed E-state index contributed by atoms with van der Waals surface area (Å²) in [4.78, 5) is 0. The summed E-state index contributed by atoms with van der Waals surface area (Å²) in [7, 11) is 0. The molecule has 0 heterocycles. The van der Waals surface area contributed by atoms with Crippen LogP contribution in [-0.4, -0.2) is 5.71 Å². The molecule has 1 aliphatic carbocycles. The van der Waals surface area contributed by atoms with Crippen molar-refractivity contribution in [1.82, 2.24) is 0 Å². The lowest BCUT2D eigenvalue weighted by Gasteiger charge is -2.03. The highest BCUT2D eigenvalue weighted by Crippen LogP contribution is 2.08. The maximum absolute atomic E-state index is 5.30. The zero-order valence-electron chi connectivity index (χ0n) is 3.20. The van der Waals surface area contributed by atoms with E-state index in [1.54, 1.807) is 0 Å². The minimum Gasteiger partial charge on any atom is -0.261 e. The quantitative estimate of drug-likeness (QED) is 0.392. The van der Waals surface area contributed by atoms with Crippen LogP contribution in [0.4, 0.5) is 0 Å². The fourth-order valence-electron chi connectivity index (χ4n) is 0.381. The van der Waals surface area contributed by atoms with Crippen LogP contribution in [0.2, 0.25) is 0 Å². The molecule has 0 aliphatic heterocycles. The molecule has 0 radical (unpaired) electrons. The lowest BCUT2D eigenvalue weighted by molar-refractivity contribution is -0.123. The molecule has 0 amide bonds. The van der Waals surface area contributed by atoms with E-state index in [2.05, 4.69) is 0 Å². The van der Waals surface area contributed by atoms with E-state index in [1.807, 2.05) is 0 Å². The molecule has 1 aliphatic rings. The molecule has 28 valence electrons. The van der Waals surface area contributed by atoms with Gasteiger partial charge in [-0.3, -0.25) is 5.41 Å². The van der Waals surface area contributed by atoms with Crippen LogP contribution in [0.5, 0.6) is 0 Å². The smallest absolute Gasteiger partial charge is 0.149 e. The first-order chi connectivity index (χ1) is 2.39. The van der Waals surface area contributed by atoms with Gasteiger partial charge in [0.15, 0.2) is 0 Å². The minimum absolute atomic E-state index is 1.18. The van der Waals surface area contributed by atoms with E-state index in [0.717, 1.165) is 0 Å². The molecule has 1 heteroatoms. The summed E-state index contributed by atoms with van der Waals surface area (Å²) in [5.41, 5.74) is 1.19. The van der Waals surface area contributed by atoms with Crippen molar-refractivity contribution in [2.45, 2.75) is 19.3 Å². The maximum atomic E-state index is 5.30. The molecule has 2 N–H and O–H groups in total. The Labute approximate surface area is 31.5 Å². The normalized spacial score (nSPS) is 22.0. The highest BCUT2D eigenvalue weighted by atomic mass is 14.4. The van der Waals surface area contributed by atoms with Crippen LogP contribution in [0, 0.1) is 0 Å². The Balaban J connectivity index is 2.32. The summed E-state index contributed by atoms with van der Waals surface area (Å²) >= 11 is 0. The lowest BCUT2D eigenvalue weighted by atomic mass is 9.98. The monoisotopic (exact) mass is 70.1 g/mol. The van der Waals surface area contributed by atoms with Gasteiger partial charge < -0.3 is 0 Å². The average molecular weight is 70.1 g/mol. The van der Waals surface area contributed by atoms with Gasteiger partial charge in [0.2, 0.25) is 0 Å². The molecule has 1 fully saturated rings. The Morgan fingerprint density at radius 2 is 1.80 bits per heavy atom.